The second-order valence-electron chi connectivity index (χ2n) is 3.10. The summed E-state index contributed by atoms with van der Waals surface area (Å²) < 4.78 is 0. The summed E-state index contributed by atoms with van der Waals surface area (Å²) in [4.78, 5) is 0. The van der Waals surface area contributed by atoms with Crippen LogP contribution < -0.4 is 0 Å². The number of rotatable bonds is 2. The molecule has 0 bridgehead atoms. The first-order valence-electron chi connectivity index (χ1n) is 4.53. The smallest absolute Gasteiger partial charge is 0.0108 e. The maximum absolute atomic E-state index is 4.64. The van der Waals surface area contributed by atoms with Crippen molar-refractivity contribution in [3.05, 3.63) is 48.6 Å². The van der Waals surface area contributed by atoms with Gasteiger partial charge in [-0.1, -0.05) is 48.6 Å². The molecule has 0 fully saturated rings. The first-order valence-corrected chi connectivity index (χ1v) is 5.28. The molecule has 0 saturated carbocycles. The Bertz CT molecular complexity index is 201. The zero-order valence-corrected chi connectivity index (χ0v) is 10.7. The van der Waals surface area contributed by atoms with Gasteiger partial charge >= 0.3 is 0 Å². The first kappa shape index (κ1) is 14.0. The van der Waals surface area contributed by atoms with Crippen LogP contribution in [0.4, 0.5) is 0 Å². The van der Waals surface area contributed by atoms with Gasteiger partial charge in [-0.2, -0.15) is 0 Å². The first-order chi connectivity index (χ1) is 6.45. The van der Waals surface area contributed by atoms with Gasteiger partial charge in [-0.3, -0.25) is 0 Å². The monoisotopic (exact) mass is 242 g/mol. The Morgan fingerprint density at radius 2 is 1.07 bits per heavy atom. The summed E-state index contributed by atoms with van der Waals surface area (Å²) in [6.45, 7) is 0. The second-order valence-corrected chi connectivity index (χ2v) is 3.10. The minimum absolute atomic E-state index is 0. The van der Waals surface area contributed by atoms with Crippen LogP contribution in [0, 0.1) is 11.8 Å². The molecule has 0 atom stereocenters. The van der Waals surface area contributed by atoms with Crippen molar-refractivity contribution in [1.29, 1.82) is 0 Å². The molecule has 0 spiro atoms. The third kappa shape index (κ3) is 4.46. The summed E-state index contributed by atoms with van der Waals surface area (Å²) in [7, 11) is 0. The molecule has 0 amide bonds. The van der Waals surface area contributed by atoms with Gasteiger partial charge in [0.25, 0.3) is 0 Å². The van der Waals surface area contributed by atoms with Crippen molar-refractivity contribution < 1.29 is 21.7 Å². The fraction of sp³-hybridized carbons (Fsp3) is 0.333. The molecule has 0 nitrogen and oxygen atoms in total. The van der Waals surface area contributed by atoms with Crippen LogP contribution in [0.2, 0.25) is 0 Å². The Hall–Kier alpha value is -0.0357. The van der Waals surface area contributed by atoms with Crippen molar-refractivity contribution in [2.45, 2.75) is 6.42 Å². The van der Waals surface area contributed by atoms with Gasteiger partial charge in [0.2, 0.25) is 0 Å². The Labute approximate surface area is 106 Å². The number of allylic oxidation sites excluding steroid dienone is 8. The molecule has 0 aliphatic heterocycles. The summed E-state index contributed by atoms with van der Waals surface area (Å²) in [6, 6.07) is 0. The predicted molar refractivity (Wildman–Crippen MR) is 59.9 cm³/mol. The van der Waals surface area contributed by atoms with E-state index in [4.69, 9.17) is 0 Å². The van der Waals surface area contributed by atoms with E-state index in [0.29, 0.717) is 11.8 Å². The van der Waals surface area contributed by atoms with Crippen molar-refractivity contribution >= 4 is 11.6 Å². The quantitative estimate of drug-likeness (QED) is 0.511. The van der Waals surface area contributed by atoms with Gasteiger partial charge in [0.05, 0.1) is 0 Å². The average Bonchev–Trinajstić information content (AvgIpc) is 2.81. The van der Waals surface area contributed by atoms with Crippen LogP contribution in [0.5, 0.6) is 0 Å². The summed E-state index contributed by atoms with van der Waals surface area (Å²) in [5.74, 6) is 1.35. The van der Waals surface area contributed by atoms with Crippen molar-refractivity contribution in [2.24, 2.45) is 11.8 Å². The maximum atomic E-state index is 4.64. The van der Waals surface area contributed by atoms with E-state index < -0.39 is 0 Å². The largest absolute Gasteiger partial charge is 0.130 e. The van der Waals surface area contributed by atoms with E-state index >= 15 is 0 Å². The molecular formula is C12H15ClTi. The van der Waals surface area contributed by atoms with E-state index in [-0.39, 0.29) is 21.7 Å². The molecule has 2 aliphatic rings. The summed E-state index contributed by atoms with van der Waals surface area (Å²) in [5.41, 5.74) is 0. The molecule has 0 aromatic rings. The van der Waals surface area contributed by atoms with Crippen molar-refractivity contribution in [3.63, 3.8) is 0 Å². The molecule has 0 saturated heterocycles. The fourth-order valence-electron chi connectivity index (χ4n) is 1.58. The molecule has 0 aromatic carbocycles. The topological polar surface area (TPSA) is 0 Å². The molecule has 2 aliphatic carbocycles. The average molecular weight is 243 g/mol. The van der Waals surface area contributed by atoms with E-state index in [2.05, 4.69) is 60.2 Å². The van der Waals surface area contributed by atoms with Crippen molar-refractivity contribution in [1.82, 2.24) is 0 Å². The zero-order valence-electron chi connectivity index (χ0n) is 8.36. The minimum atomic E-state index is 0. The van der Waals surface area contributed by atoms with Gasteiger partial charge in [-0.25, -0.2) is 0 Å². The van der Waals surface area contributed by atoms with Crippen LogP contribution >= 0.6 is 11.6 Å². The van der Waals surface area contributed by atoms with Crippen LogP contribution in [0.25, 0.3) is 0 Å². The molecule has 0 heterocycles. The summed E-state index contributed by atoms with van der Waals surface area (Å²) >= 11 is 4.64. The molecule has 2 heteroatoms. The molecule has 0 aromatic heterocycles. The van der Waals surface area contributed by atoms with Gasteiger partial charge in [0, 0.05) is 28.1 Å². The third-order valence-electron chi connectivity index (χ3n) is 2.20. The van der Waals surface area contributed by atoms with Crippen LogP contribution in [0.3, 0.4) is 0 Å². The summed E-state index contributed by atoms with van der Waals surface area (Å²) in [5, 5.41) is 0. The molecular weight excluding hydrogens is 227 g/mol. The number of halogens is 1. The van der Waals surface area contributed by atoms with Crippen LogP contribution in [-0.2, 0) is 21.7 Å². The predicted octanol–water partition coefficient (Wildman–Crippen LogP) is 3.71. The Morgan fingerprint density at radius 1 is 0.786 bits per heavy atom. The fourth-order valence-corrected chi connectivity index (χ4v) is 1.58. The van der Waals surface area contributed by atoms with Gasteiger partial charge in [0.1, 0.15) is 0 Å². The normalized spacial score (nSPS) is 18.1. The van der Waals surface area contributed by atoms with E-state index in [1.807, 2.05) is 0 Å². The standard InChI is InChI=1S/C11H12.CH3Cl.Ti/c1-2-6-10(5-1)9-11-7-3-4-8-11;1-2;/h1-8,10-11H,9H2;1H3;. The van der Waals surface area contributed by atoms with E-state index in [1.54, 1.807) is 0 Å². The molecule has 0 unspecified atom stereocenters. The number of hydrogen-bond acceptors (Lipinski definition) is 0. The molecule has 0 N–H and O–H groups in total. The molecule has 2 rings (SSSR count). The molecule has 0 radical (unpaired) electrons. The van der Waals surface area contributed by atoms with Gasteiger partial charge in [0.15, 0.2) is 0 Å². The van der Waals surface area contributed by atoms with Gasteiger partial charge in [-0.15, -0.1) is 11.6 Å². The second kappa shape index (κ2) is 8.29. The Balaban J connectivity index is 0.000000531. The van der Waals surface area contributed by atoms with E-state index in [9.17, 15) is 0 Å². The minimum Gasteiger partial charge on any atom is -0.130 e. The van der Waals surface area contributed by atoms with Gasteiger partial charge < -0.3 is 0 Å². The van der Waals surface area contributed by atoms with Crippen molar-refractivity contribution in [2.75, 3.05) is 6.38 Å². The van der Waals surface area contributed by atoms with E-state index in [1.165, 1.54) is 12.8 Å². The maximum Gasteiger partial charge on any atom is 0.0108 e. The zero-order chi connectivity index (χ0) is 9.52. The van der Waals surface area contributed by atoms with Crippen LogP contribution in [0.1, 0.15) is 6.42 Å². The number of alkyl halides is 1. The molecule has 14 heavy (non-hydrogen) atoms. The van der Waals surface area contributed by atoms with Crippen molar-refractivity contribution in [3.8, 4) is 0 Å². The van der Waals surface area contributed by atoms with Crippen LogP contribution in [0.15, 0.2) is 48.6 Å². The molecule has 74 valence electrons. The Morgan fingerprint density at radius 3 is 1.36 bits per heavy atom. The van der Waals surface area contributed by atoms with E-state index in [0.717, 1.165) is 0 Å². The van der Waals surface area contributed by atoms with Crippen LogP contribution in [-0.4, -0.2) is 6.38 Å². The van der Waals surface area contributed by atoms with Gasteiger partial charge in [-0.05, 0) is 18.3 Å². The Kier molecular flexibility index (Phi) is 8.27. The SMILES string of the molecule is C1=CC(CC2C=CC=C2)C=C1.CCl.[Ti]. The third-order valence-corrected chi connectivity index (χ3v) is 2.20. The number of hydrogen-bond donors (Lipinski definition) is 0. The summed E-state index contributed by atoms with van der Waals surface area (Å²) in [6.07, 6.45) is 20.3.